The number of rotatable bonds is 9. The molecule has 1 saturated heterocycles. The number of ether oxygens (including phenoxy) is 1. The van der Waals surface area contributed by atoms with Crippen LogP contribution in [0, 0.1) is 17.3 Å². The molecule has 2 unspecified atom stereocenters. The molecule has 1 aliphatic heterocycles. The van der Waals surface area contributed by atoms with Crippen LogP contribution in [0.2, 0.25) is 0 Å². The summed E-state index contributed by atoms with van der Waals surface area (Å²) in [5.41, 5.74) is 5.09. The molecule has 0 bridgehead atoms. The molecule has 0 aliphatic carbocycles. The number of hydrogen-bond donors (Lipinski definition) is 3. The van der Waals surface area contributed by atoms with E-state index < -0.39 is 6.17 Å². The van der Waals surface area contributed by atoms with E-state index in [-0.39, 0.29) is 36.4 Å². The minimum Gasteiger partial charge on any atom is -0.378 e. The Balaban J connectivity index is 2.47. The number of carbonyl (C=O) groups excluding carboxylic acids is 1. The molecule has 0 aromatic carbocycles. The van der Waals surface area contributed by atoms with Crippen molar-refractivity contribution in [1.82, 2.24) is 10.6 Å². The first-order chi connectivity index (χ1) is 10.8. The van der Waals surface area contributed by atoms with Gasteiger partial charge in [-0.05, 0) is 25.3 Å². The van der Waals surface area contributed by atoms with Crippen LogP contribution in [0.1, 0.15) is 40.5 Å². The van der Waals surface area contributed by atoms with Gasteiger partial charge in [0.25, 0.3) is 0 Å². The Hall–Kier alpha value is -0.720. The second-order valence-electron chi connectivity index (χ2n) is 7.70. The molecule has 5 nitrogen and oxygen atoms in total. The lowest BCUT2D eigenvalue weighted by molar-refractivity contribution is -0.126. The average molecular weight is 331 g/mol. The molecule has 1 rings (SSSR count). The maximum Gasteiger partial charge on any atom is 0.223 e. The van der Waals surface area contributed by atoms with Gasteiger partial charge in [-0.1, -0.05) is 27.7 Å². The fraction of sp³-hybridized carbons (Fsp3) is 0.941. The molecular weight excluding hydrogens is 297 g/mol. The van der Waals surface area contributed by atoms with Crippen molar-refractivity contribution >= 4 is 5.91 Å². The number of piperidine rings is 1. The van der Waals surface area contributed by atoms with E-state index in [1.807, 2.05) is 0 Å². The summed E-state index contributed by atoms with van der Waals surface area (Å²) in [5, 5.41) is 6.51. The van der Waals surface area contributed by atoms with Gasteiger partial charge in [0, 0.05) is 30.5 Å². The molecule has 0 radical (unpaired) electrons. The van der Waals surface area contributed by atoms with Gasteiger partial charge in [0.05, 0.1) is 13.2 Å². The molecule has 0 saturated carbocycles. The van der Waals surface area contributed by atoms with Gasteiger partial charge in [-0.2, -0.15) is 0 Å². The number of halogens is 1. The third-order valence-electron chi connectivity index (χ3n) is 4.43. The lowest BCUT2D eigenvalue weighted by atomic mass is 9.77. The molecule has 1 aliphatic rings. The molecule has 1 fully saturated rings. The maximum absolute atomic E-state index is 13.1. The molecule has 0 spiro atoms. The standard InChI is InChI=1S/C17H34FN3O2/c1-12(2)9-21-16(22)13-5-6-20-15(7-13)17(3,4)11-23-10-14(18)8-19/h12-15,20H,5-11,19H2,1-4H3,(H,21,22)/t13?,14-,15?/m0/s1. The first kappa shape index (κ1) is 20.3. The lowest BCUT2D eigenvalue weighted by Crippen LogP contribution is -2.52. The van der Waals surface area contributed by atoms with E-state index >= 15 is 0 Å². The highest BCUT2D eigenvalue weighted by Crippen LogP contribution is 2.30. The Morgan fingerprint density at radius 3 is 2.78 bits per heavy atom. The van der Waals surface area contributed by atoms with Crippen LogP contribution in [-0.4, -0.2) is 51.0 Å². The second-order valence-corrected chi connectivity index (χ2v) is 7.70. The molecule has 136 valence electrons. The van der Waals surface area contributed by atoms with Crippen LogP contribution in [-0.2, 0) is 9.53 Å². The molecule has 1 heterocycles. The largest absolute Gasteiger partial charge is 0.378 e. The molecule has 0 aromatic heterocycles. The summed E-state index contributed by atoms with van der Waals surface area (Å²) < 4.78 is 18.6. The summed E-state index contributed by atoms with van der Waals surface area (Å²) in [5.74, 6) is 0.642. The van der Waals surface area contributed by atoms with Crippen LogP contribution in [0.4, 0.5) is 4.39 Å². The summed E-state index contributed by atoms with van der Waals surface area (Å²) in [7, 11) is 0. The van der Waals surface area contributed by atoms with Crippen molar-refractivity contribution in [1.29, 1.82) is 0 Å². The monoisotopic (exact) mass is 331 g/mol. The summed E-state index contributed by atoms with van der Waals surface area (Å²) in [6, 6.07) is 0.182. The van der Waals surface area contributed by atoms with Crippen molar-refractivity contribution < 1.29 is 13.9 Å². The van der Waals surface area contributed by atoms with E-state index in [1.165, 1.54) is 0 Å². The molecule has 23 heavy (non-hydrogen) atoms. The minimum absolute atomic E-state index is 0.0137. The number of amides is 1. The third kappa shape index (κ3) is 7.14. The van der Waals surface area contributed by atoms with Crippen LogP contribution < -0.4 is 16.4 Å². The van der Waals surface area contributed by atoms with E-state index in [9.17, 15) is 9.18 Å². The topological polar surface area (TPSA) is 76.4 Å². The quantitative estimate of drug-likeness (QED) is 0.598. The number of hydrogen-bond acceptors (Lipinski definition) is 4. The first-order valence-corrected chi connectivity index (χ1v) is 8.69. The summed E-state index contributed by atoms with van der Waals surface area (Å²) >= 11 is 0. The minimum atomic E-state index is -1.11. The van der Waals surface area contributed by atoms with E-state index in [0.717, 1.165) is 25.9 Å². The molecule has 0 aromatic rings. The van der Waals surface area contributed by atoms with Crippen molar-refractivity contribution in [3.8, 4) is 0 Å². The van der Waals surface area contributed by atoms with Gasteiger partial charge in [0.15, 0.2) is 0 Å². The van der Waals surface area contributed by atoms with Crippen LogP contribution in [0.3, 0.4) is 0 Å². The Bertz CT molecular complexity index is 364. The maximum atomic E-state index is 13.1. The van der Waals surface area contributed by atoms with Gasteiger partial charge < -0.3 is 21.1 Å². The number of carbonyl (C=O) groups is 1. The van der Waals surface area contributed by atoms with Gasteiger partial charge in [-0.15, -0.1) is 0 Å². The SMILES string of the molecule is CC(C)CNC(=O)C1CCNC(C(C)(C)COC[C@@H](F)CN)C1. The Morgan fingerprint density at radius 2 is 2.17 bits per heavy atom. The fourth-order valence-electron chi connectivity index (χ4n) is 2.82. The highest BCUT2D eigenvalue weighted by molar-refractivity contribution is 5.78. The smallest absolute Gasteiger partial charge is 0.223 e. The van der Waals surface area contributed by atoms with Crippen LogP contribution in [0.5, 0.6) is 0 Å². The zero-order valence-corrected chi connectivity index (χ0v) is 15.0. The number of nitrogens with two attached hydrogens (primary N) is 1. The first-order valence-electron chi connectivity index (χ1n) is 8.69. The molecule has 3 atom stereocenters. The van der Waals surface area contributed by atoms with Crippen molar-refractivity contribution in [3.63, 3.8) is 0 Å². The molecule has 1 amide bonds. The van der Waals surface area contributed by atoms with Gasteiger partial charge in [-0.3, -0.25) is 4.79 Å². The van der Waals surface area contributed by atoms with Crippen molar-refractivity contribution in [2.75, 3.05) is 32.8 Å². The number of alkyl halides is 1. The van der Waals surface area contributed by atoms with Gasteiger partial charge in [0.2, 0.25) is 5.91 Å². The second kappa shape index (κ2) is 9.55. The van der Waals surface area contributed by atoms with Crippen molar-refractivity contribution in [3.05, 3.63) is 0 Å². The van der Waals surface area contributed by atoms with Crippen LogP contribution >= 0.6 is 0 Å². The third-order valence-corrected chi connectivity index (χ3v) is 4.43. The van der Waals surface area contributed by atoms with Crippen molar-refractivity contribution in [2.45, 2.75) is 52.8 Å². The molecule has 6 heteroatoms. The Kier molecular flexibility index (Phi) is 8.44. The number of nitrogens with one attached hydrogen (secondary N) is 2. The van der Waals surface area contributed by atoms with E-state index in [4.69, 9.17) is 10.5 Å². The van der Waals surface area contributed by atoms with E-state index in [1.54, 1.807) is 0 Å². The predicted octanol–water partition coefficient (Wildman–Crippen LogP) is 1.47. The summed E-state index contributed by atoms with van der Waals surface area (Å²) in [6.07, 6.45) is 0.535. The summed E-state index contributed by atoms with van der Waals surface area (Å²) in [6.45, 7) is 10.4. The Morgan fingerprint density at radius 1 is 1.48 bits per heavy atom. The highest BCUT2D eigenvalue weighted by Gasteiger charge is 2.36. The fourth-order valence-corrected chi connectivity index (χ4v) is 2.82. The van der Waals surface area contributed by atoms with Gasteiger partial charge >= 0.3 is 0 Å². The predicted molar refractivity (Wildman–Crippen MR) is 90.9 cm³/mol. The van der Waals surface area contributed by atoms with Crippen LogP contribution in [0.15, 0.2) is 0 Å². The lowest BCUT2D eigenvalue weighted by Gasteiger charge is -2.40. The normalized spacial score (nSPS) is 23.8. The molecular formula is C17H34FN3O2. The van der Waals surface area contributed by atoms with Gasteiger partial charge in [0.1, 0.15) is 6.17 Å². The van der Waals surface area contributed by atoms with Crippen LogP contribution in [0.25, 0.3) is 0 Å². The van der Waals surface area contributed by atoms with E-state index in [2.05, 4.69) is 38.3 Å². The van der Waals surface area contributed by atoms with Crippen molar-refractivity contribution in [2.24, 2.45) is 23.0 Å². The summed E-state index contributed by atoms with van der Waals surface area (Å²) in [4.78, 5) is 12.3. The zero-order chi connectivity index (χ0) is 17.5. The zero-order valence-electron chi connectivity index (χ0n) is 15.0. The molecule has 4 N–H and O–H groups in total. The average Bonchev–Trinajstić information content (AvgIpc) is 2.52. The Labute approximate surface area is 139 Å². The van der Waals surface area contributed by atoms with E-state index in [0.29, 0.717) is 12.5 Å². The highest BCUT2D eigenvalue weighted by atomic mass is 19.1. The van der Waals surface area contributed by atoms with Gasteiger partial charge in [-0.25, -0.2) is 4.39 Å².